The van der Waals surface area contributed by atoms with Gasteiger partial charge in [-0.15, -0.1) is 0 Å². The van der Waals surface area contributed by atoms with Crippen LogP contribution in [0.2, 0.25) is 0 Å². The highest BCUT2D eigenvalue weighted by molar-refractivity contribution is 5.96. The summed E-state index contributed by atoms with van der Waals surface area (Å²) in [7, 11) is 3.22. The topological polar surface area (TPSA) is 57.2 Å². The van der Waals surface area contributed by atoms with Crippen LogP contribution in [-0.2, 0) is 18.3 Å². The molecule has 1 aromatic heterocycles. The van der Waals surface area contributed by atoms with Crippen molar-refractivity contribution in [3.05, 3.63) is 35.5 Å². The predicted molar refractivity (Wildman–Crippen MR) is 62.1 cm³/mol. The van der Waals surface area contributed by atoms with Crippen LogP contribution in [0.3, 0.4) is 0 Å². The third-order valence-electron chi connectivity index (χ3n) is 2.79. The second kappa shape index (κ2) is 3.98. The Labute approximate surface area is 93.6 Å². The highest BCUT2D eigenvalue weighted by Gasteiger charge is 2.14. The predicted octanol–water partition coefficient (Wildman–Crippen LogP) is 1.42. The number of methoxy groups -OCH3 is 1. The molecule has 0 saturated heterocycles. The van der Waals surface area contributed by atoms with E-state index in [4.69, 9.17) is 10.5 Å². The van der Waals surface area contributed by atoms with Gasteiger partial charge in [-0.2, -0.15) is 0 Å². The molecule has 0 fully saturated rings. The first-order chi connectivity index (χ1) is 7.69. The molecule has 0 bridgehead atoms. The lowest BCUT2D eigenvalue weighted by atomic mass is 10.1. The first-order valence-electron chi connectivity index (χ1n) is 5.04. The van der Waals surface area contributed by atoms with Crippen molar-refractivity contribution in [1.29, 1.82) is 0 Å². The van der Waals surface area contributed by atoms with Crippen molar-refractivity contribution in [1.82, 2.24) is 4.57 Å². The molecule has 1 heterocycles. The summed E-state index contributed by atoms with van der Waals surface area (Å²) >= 11 is 0. The summed E-state index contributed by atoms with van der Waals surface area (Å²) in [5.74, 6) is -0.332. The summed E-state index contributed by atoms with van der Waals surface area (Å²) in [6.07, 6.45) is 0. The highest BCUT2D eigenvalue weighted by atomic mass is 16.5. The lowest BCUT2D eigenvalue weighted by molar-refractivity contribution is 0.0590. The van der Waals surface area contributed by atoms with Crippen molar-refractivity contribution in [2.75, 3.05) is 7.11 Å². The van der Waals surface area contributed by atoms with Crippen LogP contribution in [0.15, 0.2) is 24.3 Å². The molecular weight excluding hydrogens is 204 g/mol. The van der Waals surface area contributed by atoms with Gasteiger partial charge in [0.2, 0.25) is 0 Å². The Kier molecular flexibility index (Phi) is 2.66. The number of carbonyl (C=O) groups is 1. The van der Waals surface area contributed by atoms with Gasteiger partial charge in [-0.3, -0.25) is 0 Å². The van der Waals surface area contributed by atoms with Crippen LogP contribution in [0.1, 0.15) is 16.1 Å². The Balaban J connectivity index is 2.72. The Morgan fingerprint density at radius 2 is 2.25 bits per heavy atom. The molecular formula is C12H14N2O2. The minimum absolute atomic E-state index is 0.332. The number of rotatable bonds is 2. The average molecular weight is 218 g/mol. The van der Waals surface area contributed by atoms with E-state index < -0.39 is 0 Å². The van der Waals surface area contributed by atoms with Gasteiger partial charge in [0.05, 0.1) is 7.11 Å². The van der Waals surface area contributed by atoms with Crippen molar-refractivity contribution >= 4 is 16.9 Å². The quantitative estimate of drug-likeness (QED) is 0.776. The van der Waals surface area contributed by atoms with Crippen molar-refractivity contribution < 1.29 is 9.53 Å². The molecule has 2 aromatic rings. The van der Waals surface area contributed by atoms with Crippen LogP contribution in [0.4, 0.5) is 0 Å². The minimum Gasteiger partial charge on any atom is -0.464 e. The van der Waals surface area contributed by atoms with E-state index in [1.54, 1.807) is 0 Å². The Morgan fingerprint density at radius 3 is 2.88 bits per heavy atom. The number of esters is 1. The summed E-state index contributed by atoms with van der Waals surface area (Å²) < 4.78 is 6.55. The van der Waals surface area contributed by atoms with Gasteiger partial charge < -0.3 is 15.0 Å². The number of carbonyl (C=O) groups excluding carboxylic acids is 1. The highest BCUT2D eigenvalue weighted by Crippen LogP contribution is 2.22. The largest absolute Gasteiger partial charge is 0.464 e. The number of hydrogen-bond acceptors (Lipinski definition) is 3. The van der Waals surface area contributed by atoms with Crippen LogP contribution in [-0.4, -0.2) is 17.6 Å². The number of hydrogen-bond donors (Lipinski definition) is 1. The van der Waals surface area contributed by atoms with Gasteiger partial charge in [-0.25, -0.2) is 4.79 Å². The van der Waals surface area contributed by atoms with Crippen molar-refractivity contribution in [2.24, 2.45) is 12.8 Å². The summed E-state index contributed by atoms with van der Waals surface area (Å²) in [5.41, 5.74) is 8.22. The molecule has 0 spiro atoms. The maximum absolute atomic E-state index is 11.5. The maximum atomic E-state index is 11.5. The average Bonchev–Trinajstić information content (AvgIpc) is 2.66. The summed E-state index contributed by atoms with van der Waals surface area (Å²) in [6.45, 7) is 0.460. The number of ether oxygens (including phenoxy) is 1. The van der Waals surface area contributed by atoms with Crippen molar-refractivity contribution in [2.45, 2.75) is 6.54 Å². The Morgan fingerprint density at radius 1 is 1.50 bits per heavy atom. The van der Waals surface area contributed by atoms with Crippen LogP contribution in [0.25, 0.3) is 10.9 Å². The van der Waals surface area contributed by atoms with E-state index >= 15 is 0 Å². The molecule has 0 aliphatic heterocycles. The monoisotopic (exact) mass is 218 g/mol. The van der Waals surface area contributed by atoms with E-state index in [0.29, 0.717) is 12.2 Å². The molecule has 2 rings (SSSR count). The second-order valence-corrected chi connectivity index (χ2v) is 3.63. The van der Waals surface area contributed by atoms with Gasteiger partial charge in [0.25, 0.3) is 0 Å². The van der Waals surface area contributed by atoms with Crippen LogP contribution in [0, 0.1) is 0 Å². The molecule has 84 valence electrons. The number of aromatic nitrogens is 1. The maximum Gasteiger partial charge on any atom is 0.354 e. The van der Waals surface area contributed by atoms with Crippen LogP contribution < -0.4 is 5.73 Å². The molecule has 0 radical (unpaired) electrons. The lowest BCUT2D eigenvalue weighted by Gasteiger charge is -2.02. The zero-order chi connectivity index (χ0) is 11.7. The zero-order valence-corrected chi connectivity index (χ0v) is 9.36. The molecule has 16 heavy (non-hydrogen) atoms. The van der Waals surface area contributed by atoms with Gasteiger partial charge in [-0.05, 0) is 17.7 Å². The van der Waals surface area contributed by atoms with E-state index in [9.17, 15) is 4.79 Å². The second-order valence-electron chi connectivity index (χ2n) is 3.63. The summed E-state index contributed by atoms with van der Waals surface area (Å²) in [6, 6.07) is 7.68. The molecule has 0 atom stereocenters. The molecule has 0 amide bonds. The van der Waals surface area contributed by atoms with Crippen LogP contribution in [0.5, 0.6) is 0 Å². The number of fused-ring (bicyclic) bond motifs is 1. The van der Waals surface area contributed by atoms with E-state index in [2.05, 4.69) is 0 Å². The first kappa shape index (κ1) is 10.7. The third-order valence-corrected chi connectivity index (χ3v) is 2.79. The van der Waals surface area contributed by atoms with Gasteiger partial charge in [0.1, 0.15) is 5.69 Å². The van der Waals surface area contributed by atoms with Gasteiger partial charge >= 0.3 is 5.97 Å². The summed E-state index contributed by atoms with van der Waals surface area (Å²) in [5, 5.41) is 1.01. The molecule has 0 saturated carbocycles. The first-order valence-corrected chi connectivity index (χ1v) is 5.04. The number of nitrogens with zero attached hydrogens (tertiary/aromatic N) is 1. The molecule has 2 N–H and O–H groups in total. The molecule has 1 aromatic carbocycles. The number of nitrogens with two attached hydrogens (primary N) is 1. The molecule has 0 aliphatic rings. The lowest BCUT2D eigenvalue weighted by Crippen LogP contribution is -2.06. The molecule has 4 heteroatoms. The van der Waals surface area contributed by atoms with Gasteiger partial charge in [0, 0.05) is 24.5 Å². The van der Waals surface area contributed by atoms with E-state index in [1.807, 2.05) is 35.9 Å². The van der Waals surface area contributed by atoms with Crippen molar-refractivity contribution in [3.8, 4) is 0 Å². The van der Waals surface area contributed by atoms with Gasteiger partial charge in [0.15, 0.2) is 0 Å². The SMILES string of the molecule is COC(=O)c1cc2c(CN)cccc2n1C. The number of benzene rings is 1. The van der Waals surface area contributed by atoms with Gasteiger partial charge in [-0.1, -0.05) is 12.1 Å². The fourth-order valence-electron chi connectivity index (χ4n) is 1.90. The Hall–Kier alpha value is -1.81. The molecule has 0 aliphatic carbocycles. The van der Waals surface area contributed by atoms with E-state index in [-0.39, 0.29) is 5.97 Å². The van der Waals surface area contributed by atoms with Crippen molar-refractivity contribution in [3.63, 3.8) is 0 Å². The smallest absolute Gasteiger partial charge is 0.354 e. The molecule has 0 unspecified atom stereocenters. The van der Waals surface area contributed by atoms with E-state index in [1.165, 1.54) is 7.11 Å². The minimum atomic E-state index is -0.332. The normalized spacial score (nSPS) is 10.7. The standard InChI is InChI=1S/C12H14N2O2/c1-14-10-5-3-4-8(7-13)9(10)6-11(14)12(15)16-2/h3-6H,7,13H2,1-2H3. The zero-order valence-electron chi connectivity index (χ0n) is 9.36. The van der Waals surface area contributed by atoms with E-state index in [0.717, 1.165) is 16.5 Å². The van der Waals surface area contributed by atoms with Crippen LogP contribution >= 0.6 is 0 Å². The third kappa shape index (κ3) is 1.47. The summed E-state index contributed by atoms with van der Waals surface area (Å²) in [4.78, 5) is 11.5. The number of aryl methyl sites for hydroxylation is 1. The Bertz CT molecular complexity index is 543. The fraction of sp³-hybridized carbons (Fsp3) is 0.250. The fourth-order valence-corrected chi connectivity index (χ4v) is 1.90. The molecule has 4 nitrogen and oxygen atoms in total.